The maximum Gasteiger partial charge on any atom is 0.187 e. The Hall–Kier alpha value is -2.60. The lowest BCUT2D eigenvalue weighted by Crippen LogP contribution is -2.28. The van der Waals surface area contributed by atoms with Gasteiger partial charge in [0, 0.05) is 11.1 Å². The molecule has 0 aromatic heterocycles. The second-order valence-electron chi connectivity index (χ2n) is 5.81. The topological polar surface area (TPSA) is 51.2 Å². The van der Waals surface area contributed by atoms with E-state index in [1.807, 2.05) is 0 Å². The highest BCUT2D eigenvalue weighted by molar-refractivity contribution is 7.92. The number of ketones is 1. The number of carbonyl (C=O) groups is 1. The van der Waals surface area contributed by atoms with Crippen LogP contribution in [0.2, 0.25) is 0 Å². The third-order valence-corrected chi connectivity index (χ3v) is 5.21. The van der Waals surface area contributed by atoms with Crippen molar-refractivity contribution in [2.24, 2.45) is 0 Å². The van der Waals surface area contributed by atoms with Crippen molar-refractivity contribution in [1.82, 2.24) is 0 Å². The summed E-state index contributed by atoms with van der Waals surface area (Å²) in [5.41, 5.74) is 0.954. The van der Waals surface area contributed by atoms with Crippen LogP contribution >= 0.6 is 0 Å². The van der Waals surface area contributed by atoms with Crippen molar-refractivity contribution in [3.05, 3.63) is 82.4 Å². The third-order valence-electron chi connectivity index (χ3n) is 3.71. The fourth-order valence-corrected chi connectivity index (χ4v) is 4.15. The smallest absolute Gasteiger partial charge is 0.187 e. The first-order valence-corrected chi connectivity index (χ1v) is 9.32. The van der Waals surface area contributed by atoms with Crippen LogP contribution in [0, 0.1) is 11.6 Å². The Balaban J connectivity index is 2.02. The van der Waals surface area contributed by atoms with Crippen molar-refractivity contribution in [1.29, 1.82) is 0 Å². The summed E-state index contributed by atoms with van der Waals surface area (Å²) in [6.45, 7) is 0. The first kappa shape index (κ1) is 17.2. The SMILES string of the molecule is O=C1/C(=C/c2cccc(F)c2)CS(=O)(=O)C/C1=C\c1cccc(F)c1. The number of hydrogen-bond donors (Lipinski definition) is 0. The molecule has 1 saturated heterocycles. The predicted octanol–water partition coefficient (Wildman–Crippen LogP) is 3.43. The van der Waals surface area contributed by atoms with Gasteiger partial charge in [0.25, 0.3) is 0 Å². The van der Waals surface area contributed by atoms with Crippen LogP contribution < -0.4 is 0 Å². The second-order valence-corrected chi connectivity index (χ2v) is 7.88. The number of sulfone groups is 1. The summed E-state index contributed by atoms with van der Waals surface area (Å²) >= 11 is 0. The van der Waals surface area contributed by atoms with Gasteiger partial charge in [0.2, 0.25) is 0 Å². The van der Waals surface area contributed by atoms with Gasteiger partial charge in [0.05, 0.1) is 11.5 Å². The maximum atomic E-state index is 13.3. The van der Waals surface area contributed by atoms with Crippen LogP contribution in [0.1, 0.15) is 11.1 Å². The summed E-state index contributed by atoms with van der Waals surface area (Å²) < 4.78 is 50.9. The molecule has 1 aliphatic heterocycles. The minimum Gasteiger partial charge on any atom is -0.289 e. The summed E-state index contributed by atoms with van der Waals surface area (Å²) in [6, 6.07) is 11.1. The fraction of sp³-hybridized carbons (Fsp3) is 0.105. The van der Waals surface area contributed by atoms with Gasteiger partial charge in [-0.25, -0.2) is 17.2 Å². The molecule has 0 radical (unpaired) electrons. The minimum atomic E-state index is -3.52. The van der Waals surface area contributed by atoms with Gasteiger partial charge in [-0.3, -0.25) is 4.79 Å². The summed E-state index contributed by atoms with van der Waals surface area (Å²) in [6.07, 6.45) is 2.75. The fourth-order valence-electron chi connectivity index (χ4n) is 2.67. The number of hydrogen-bond acceptors (Lipinski definition) is 3. The molecule has 128 valence electrons. The highest BCUT2D eigenvalue weighted by Gasteiger charge is 2.30. The molecule has 0 unspecified atom stereocenters. The predicted molar refractivity (Wildman–Crippen MR) is 92.4 cm³/mol. The molecule has 0 atom stereocenters. The first-order chi connectivity index (χ1) is 11.8. The van der Waals surface area contributed by atoms with E-state index in [9.17, 15) is 22.0 Å². The van der Waals surface area contributed by atoms with Crippen LogP contribution in [-0.4, -0.2) is 25.7 Å². The Kier molecular flexibility index (Phi) is 4.63. The minimum absolute atomic E-state index is 0.0690. The van der Waals surface area contributed by atoms with Crippen molar-refractivity contribution >= 4 is 27.8 Å². The van der Waals surface area contributed by atoms with Crippen LogP contribution in [0.5, 0.6) is 0 Å². The summed E-state index contributed by atoms with van der Waals surface area (Å²) in [7, 11) is -3.52. The Morgan fingerprint density at radius 1 is 0.800 bits per heavy atom. The lowest BCUT2D eigenvalue weighted by atomic mass is 10.0. The maximum absolute atomic E-state index is 13.3. The molecule has 1 heterocycles. The zero-order valence-electron chi connectivity index (χ0n) is 13.1. The van der Waals surface area contributed by atoms with Crippen molar-refractivity contribution in [2.45, 2.75) is 0 Å². The van der Waals surface area contributed by atoms with Crippen molar-refractivity contribution < 1.29 is 22.0 Å². The molecular formula is C19H14F2O3S. The molecule has 25 heavy (non-hydrogen) atoms. The zero-order valence-corrected chi connectivity index (χ0v) is 13.9. The third kappa shape index (κ3) is 4.28. The number of halogens is 2. The summed E-state index contributed by atoms with van der Waals surface area (Å²) in [4.78, 5) is 12.6. The van der Waals surface area contributed by atoms with E-state index in [0.29, 0.717) is 11.1 Å². The highest BCUT2D eigenvalue weighted by atomic mass is 32.2. The molecule has 1 aliphatic rings. The molecule has 0 amide bonds. The standard InChI is InChI=1S/C19H14F2O3S/c20-17-5-1-3-13(9-17)7-15-11-25(23,24)12-16(19(15)22)8-14-4-2-6-18(21)10-14/h1-10H,11-12H2/b15-7+,16-8+. The van der Waals surface area contributed by atoms with E-state index in [-0.39, 0.29) is 11.1 Å². The molecule has 2 aromatic rings. The number of carbonyl (C=O) groups excluding carboxylic acids is 1. The van der Waals surface area contributed by atoms with Gasteiger partial charge in [-0.05, 0) is 47.5 Å². The number of Topliss-reactive ketones (excluding diaryl/α,β-unsaturated/α-hetero) is 1. The molecule has 6 heteroatoms. The molecule has 0 aliphatic carbocycles. The van der Waals surface area contributed by atoms with Gasteiger partial charge >= 0.3 is 0 Å². The Bertz CT molecular complexity index is 931. The van der Waals surface area contributed by atoms with Crippen LogP contribution in [0.15, 0.2) is 59.7 Å². The van der Waals surface area contributed by atoms with E-state index < -0.39 is 38.8 Å². The summed E-state index contributed by atoms with van der Waals surface area (Å²) in [5, 5.41) is 0. The highest BCUT2D eigenvalue weighted by Crippen LogP contribution is 2.24. The molecule has 3 rings (SSSR count). The Morgan fingerprint density at radius 2 is 1.24 bits per heavy atom. The second kappa shape index (κ2) is 6.72. The van der Waals surface area contributed by atoms with E-state index in [0.717, 1.165) is 0 Å². The largest absolute Gasteiger partial charge is 0.289 e. The van der Waals surface area contributed by atoms with Gasteiger partial charge in [-0.2, -0.15) is 0 Å². The van der Waals surface area contributed by atoms with Crippen LogP contribution in [0.3, 0.4) is 0 Å². The van der Waals surface area contributed by atoms with Crippen molar-refractivity contribution in [2.75, 3.05) is 11.5 Å². The van der Waals surface area contributed by atoms with Gasteiger partial charge in [0.1, 0.15) is 11.6 Å². The van der Waals surface area contributed by atoms with Crippen molar-refractivity contribution in [3.8, 4) is 0 Å². The lowest BCUT2D eigenvalue weighted by Gasteiger charge is -2.17. The van der Waals surface area contributed by atoms with Gasteiger partial charge < -0.3 is 0 Å². The molecule has 0 saturated carbocycles. The molecule has 2 aromatic carbocycles. The molecule has 3 nitrogen and oxygen atoms in total. The summed E-state index contributed by atoms with van der Waals surface area (Å²) in [5.74, 6) is -2.18. The normalized spacial score (nSPS) is 20.2. The van der Waals surface area contributed by atoms with Gasteiger partial charge in [0.15, 0.2) is 15.6 Å². The quantitative estimate of drug-likeness (QED) is 0.771. The van der Waals surface area contributed by atoms with Crippen LogP contribution in [-0.2, 0) is 14.6 Å². The Labute approximate surface area is 144 Å². The average Bonchev–Trinajstić information content (AvgIpc) is 2.51. The monoisotopic (exact) mass is 360 g/mol. The molecule has 0 spiro atoms. The first-order valence-electron chi connectivity index (χ1n) is 7.50. The molecule has 1 fully saturated rings. The zero-order chi connectivity index (χ0) is 18.0. The molecule has 0 bridgehead atoms. The van der Waals surface area contributed by atoms with E-state index in [1.165, 1.54) is 48.6 Å². The Morgan fingerprint density at radius 3 is 1.64 bits per heavy atom. The van der Waals surface area contributed by atoms with Gasteiger partial charge in [-0.1, -0.05) is 24.3 Å². The van der Waals surface area contributed by atoms with E-state index in [4.69, 9.17) is 0 Å². The number of benzene rings is 2. The number of rotatable bonds is 2. The van der Waals surface area contributed by atoms with Crippen LogP contribution in [0.4, 0.5) is 8.78 Å². The van der Waals surface area contributed by atoms with Crippen molar-refractivity contribution in [3.63, 3.8) is 0 Å². The lowest BCUT2D eigenvalue weighted by molar-refractivity contribution is -0.112. The van der Waals surface area contributed by atoms with E-state index in [2.05, 4.69) is 0 Å². The average molecular weight is 360 g/mol. The van der Waals surface area contributed by atoms with E-state index >= 15 is 0 Å². The van der Waals surface area contributed by atoms with E-state index in [1.54, 1.807) is 12.1 Å². The molecular weight excluding hydrogens is 346 g/mol. The molecule has 0 N–H and O–H groups in total. The van der Waals surface area contributed by atoms with Gasteiger partial charge in [-0.15, -0.1) is 0 Å². The van der Waals surface area contributed by atoms with Crippen LogP contribution in [0.25, 0.3) is 12.2 Å².